The molecule has 4 heteroatoms. The highest BCUT2D eigenvalue weighted by Gasteiger charge is 2.04. The number of nitrogen functional groups attached to an aromatic ring is 1. The first-order valence-electron chi connectivity index (χ1n) is 5.94. The third-order valence-electron chi connectivity index (χ3n) is 2.26. The van der Waals surface area contributed by atoms with Gasteiger partial charge in [0, 0.05) is 24.8 Å². The second-order valence-electron chi connectivity index (χ2n) is 4.65. The number of nitrogens with zero attached hydrogens (tertiary/aromatic N) is 1. The molecule has 0 bridgehead atoms. The van der Waals surface area contributed by atoms with E-state index in [1.807, 2.05) is 32.0 Å². The van der Waals surface area contributed by atoms with Crippen LogP contribution in [0.5, 0.6) is 5.75 Å². The van der Waals surface area contributed by atoms with Crippen molar-refractivity contribution in [2.45, 2.75) is 20.0 Å². The van der Waals surface area contributed by atoms with Crippen LogP contribution in [-0.4, -0.2) is 38.2 Å². The largest absolute Gasteiger partial charge is 0.489 e. The van der Waals surface area contributed by atoms with Crippen LogP contribution in [0, 0.1) is 0 Å². The minimum absolute atomic E-state index is 0.134. The molecule has 0 aliphatic carbocycles. The van der Waals surface area contributed by atoms with E-state index in [9.17, 15) is 0 Å². The zero-order valence-electron chi connectivity index (χ0n) is 11.2. The number of hydrogen-bond acceptors (Lipinski definition) is 4. The maximum absolute atomic E-state index is 5.85. The van der Waals surface area contributed by atoms with Crippen LogP contribution in [0.2, 0.25) is 0 Å². The fraction of sp³-hybridized carbons (Fsp3) is 0.538. The van der Waals surface area contributed by atoms with Gasteiger partial charge in [-0.1, -0.05) is 0 Å². The summed E-state index contributed by atoms with van der Waals surface area (Å²) >= 11 is 0. The van der Waals surface area contributed by atoms with Crippen LogP contribution in [-0.2, 0) is 0 Å². The van der Waals surface area contributed by atoms with Crippen molar-refractivity contribution in [3.63, 3.8) is 0 Å². The standard InChI is InChI=1S/C13H23N3O/c1-10(2)17-13-9-11(5-6-12(13)14)15-7-8-16(3)4/h5-6,9-10,15H,7-8,14H2,1-4H3. The van der Waals surface area contributed by atoms with Crippen molar-refractivity contribution in [3.8, 4) is 5.75 Å². The van der Waals surface area contributed by atoms with Crippen molar-refractivity contribution in [3.05, 3.63) is 18.2 Å². The molecule has 96 valence electrons. The molecule has 0 aliphatic heterocycles. The fourth-order valence-electron chi connectivity index (χ4n) is 1.42. The summed E-state index contributed by atoms with van der Waals surface area (Å²) in [6.45, 7) is 5.87. The second kappa shape index (κ2) is 6.35. The Kier molecular flexibility index (Phi) is 5.10. The highest BCUT2D eigenvalue weighted by molar-refractivity contribution is 5.61. The van der Waals surface area contributed by atoms with E-state index < -0.39 is 0 Å². The Balaban J connectivity index is 2.61. The summed E-state index contributed by atoms with van der Waals surface area (Å²) < 4.78 is 5.64. The number of nitrogens with one attached hydrogen (secondary N) is 1. The zero-order valence-corrected chi connectivity index (χ0v) is 11.2. The lowest BCUT2D eigenvalue weighted by Gasteiger charge is -2.15. The van der Waals surface area contributed by atoms with Gasteiger partial charge in [-0.3, -0.25) is 0 Å². The van der Waals surface area contributed by atoms with Gasteiger partial charge in [-0.15, -0.1) is 0 Å². The molecule has 0 aromatic heterocycles. The summed E-state index contributed by atoms with van der Waals surface area (Å²) in [6, 6.07) is 5.79. The number of ether oxygens (including phenoxy) is 1. The molecule has 0 amide bonds. The van der Waals surface area contributed by atoms with Gasteiger partial charge in [-0.2, -0.15) is 0 Å². The normalized spacial score (nSPS) is 10.9. The maximum atomic E-state index is 5.85. The van der Waals surface area contributed by atoms with E-state index in [0.29, 0.717) is 5.69 Å². The lowest BCUT2D eigenvalue weighted by Crippen LogP contribution is -2.20. The number of benzene rings is 1. The molecule has 0 fully saturated rings. The molecule has 17 heavy (non-hydrogen) atoms. The minimum atomic E-state index is 0.134. The number of rotatable bonds is 6. The van der Waals surface area contributed by atoms with E-state index in [0.717, 1.165) is 24.5 Å². The molecular formula is C13H23N3O. The van der Waals surface area contributed by atoms with Crippen LogP contribution in [0.4, 0.5) is 11.4 Å². The van der Waals surface area contributed by atoms with Gasteiger partial charge in [-0.25, -0.2) is 0 Å². The summed E-state index contributed by atoms with van der Waals surface area (Å²) in [6.07, 6.45) is 0.134. The van der Waals surface area contributed by atoms with Gasteiger partial charge >= 0.3 is 0 Å². The van der Waals surface area contributed by atoms with E-state index in [-0.39, 0.29) is 6.10 Å². The third kappa shape index (κ3) is 4.95. The second-order valence-corrected chi connectivity index (χ2v) is 4.65. The first-order valence-corrected chi connectivity index (χ1v) is 5.94. The van der Waals surface area contributed by atoms with Crippen LogP contribution in [0.15, 0.2) is 18.2 Å². The summed E-state index contributed by atoms with van der Waals surface area (Å²) in [4.78, 5) is 2.13. The fourth-order valence-corrected chi connectivity index (χ4v) is 1.42. The smallest absolute Gasteiger partial charge is 0.144 e. The molecular weight excluding hydrogens is 214 g/mol. The van der Waals surface area contributed by atoms with Gasteiger partial charge in [0.15, 0.2) is 0 Å². The van der Waals surface area contributed by atoms with Gasteiger partial charge in [0.05, 0.1) is 11.8 Å². The molecule has 0 atom stereocenters. The minimum Gasteiger partial charge on any atom is -0.489 e. The van der Waals surface area contributed by atoms with Crippen LogP contribution in [0.25, 0.3) is 0 Å². The Bertz CT molecular complexity index is 351. The van der Waals surface area contributed by atoms with Crippen molar-refractivity contribution in [2.24, 2.45) is 0 Å². The quantitative estimate of drug-likeness (QED) is 0.743. The monoisotopic (exact) mass is 237 g/mol. The van der Waals surface area contributed by atoms with Gasteiger partial charge in [0.25, 0.3) is 0 Å². The SMILES string of the molecule is CC(C)Oc1cc(NCCN(C)C)ccc1N. The lowest BCUT2D eigenvalue weighted by atomic mass is 10.2. The van der Waals surface area contributed by atoms with Crippen LogP contribution in [0.3, 0.4) is 0 Å². The van der Waals surface area contributed by atoms with E-state index in [1.54, 1.807) is 0 Å². The summed E-state index contributed by atoms with van der Waals surface area (Å²) in [5, 5.41) is 3.34. The predicted octanol–water partition coefficient (Wildman–Crippen LogP) is 2.03. The summed E-state index contributed by atoms with van der Waals surface area (Å²) in [5.41, 5.74) is 7.57. The van der Waals surface area contributed by atoms with Crippen molar-refractivity contribution >= 4 is 11.4 Å². The van der Waals surface area contributed by atoms with Crippen LogP contribution >= 0.6 is 0 Å². The number of anilines is 2. The maximum Gasteiger partial charge on any atom is 0.144 e. The molecule has 0 spiro atoms. The molecule has 1 aromatic rings. The average Bonchev–Trinajstić information content (AvgIpc) is 2.21. The van der Waals surface area contributed by atoms with Crippen molar-refractivity contribution in [1.29, 1.82) is 0 Å². The molecule has 0 unspecified atom stereocenters. The number of likely N-dealkylation sites (N-methyl/N-ethyl adjacent to an activating group) is 1. The summed E-state index contributed by atoms with van der Waals surface area (Å²) in [7, 11) is 4.11. The van der Waals surface area contributed by atoms with Crippen LogP contribution < -0.4 is 15.8 Å². The zero-order chi connectivity index (χ0) is 12.8. The van der Waals surface area contributed by atoms with Gasteiger partial charge < -0.3 is 20.7 Å². The third-order valence-corrected chi connectivity index (χ3v) is 2.26. The number of nitrogens with two attached hydrogens (primary N) is 1. The van der Waals surface area contributed by atoms with Crippen molar-refractivity contribution in [2.75, 3.05) is 38.2 Å². The Morgan fingerprint density at radius 2 is 2.06 bits per heavy atom. The van der Waals surface area contributed by atoms with Crippen molar-refractivity contribution < 1.29 is 4.74 Å². The van der Waals surface area contributed by atoms with Crippen LogP contribution in [0.1, 0.15) is 13.8 Å². The molecule has 1 aromatic carbocycles. The highest BCUT2D eigenvalue weighted by atomic mass is 16.5. The van der Waals surface area contributed by atoms with E-state index in [2.05, 4.69) is 24.3 Å². The van der Waals surface area contributed by atoms with Crippen molar-refractivity contribution in [1.82, 2.24) is 4.90 Å². The topological polar surface area (TPSA) is 50.5 Å². The number of hydrogen-bond donors (Lipinski definition) is 2. The molecule has 0 saturated carbocycles. The Morgan fingerprint density at radius 3 is 2.65 bits per heavy atom. The Labute approximate surface area is 104 Å². The summed E-state index contributed by atoms with van der Waals surface area (Å²) in [5.74, 6) is 0.745. The van der Waals surface area contributed by atoms with E-state index in [1.165, 1.54) is 0 Å². The Morgan fingerprint density at radius 1 is 1.35 bits per heavy atom. The van der Waals surface area contributed by atoms with Gasteiger partial charge in [0.1, 0.15) is 5.75 Å². The van der Waals surface area contributed by atoms with E-state index >= 15 is 0 Å². The Hall–Kier alpha value is -1.42. The first-order chi connectivity index (χ1) is 7.99. The highest BCUT2D eigenvalue weighted by Crippen LogP contribution is 2.26. The molecule has 4 nitrogen and oxygen atoms in total. The molecule has 0 aliphatic rings. The average molecular weight is 237 g/mol. The van der Waals surface area contributed by atoms with E-state index in [4.69, 9.17) is 10.5 Å². The molecule has 0 saturated heterocycles. The molecule has 3 N–H and O–H groups in total. The lowest BCUT2D eigenvalue weighted by molar-refractivity contribution is 0.244. The van der Waals surface area contributed by atoms with Gasteiger partial charge in [0.2, 0.25) is 0 Å². The first kappa shape index (κ1) is 13.6. The molecule has 0 radical (unpaired) electrons. The predicted molar refractivity (Wildman–Crippen MR) is 73.7 cm³/mol. The molecule has 0 heterocycles. The molecule has 1 rings (SSSR count). The van der Waals surface area contributed by atoms with Gasteiger partial charge in [-0.05, 0) is 40.1 Å².